The summed E-state index contributed by atoms with van der Waals surface area (Å²) in [6.07, 6.45) is 0. The zero-order chi connectivity index (χ0) is 12.9. The van der Waals surface area contributed by atoms with Gasteiger partial charge in [-0.25, -0.2) is 8.42 Å². The summed E-state index contributed by atoms with van der Waals surface area (Å²) in [5.41, 5.74) is 0. The van der Waals surface area contributed by atoms with E-state index < -0.39 is 33.2 Å². The second kappa shape index (κ2) is 5.97. The number of nitrogens with zero attached hydrogens (tertiary/aromatic N) is 1. The van der Waals surface area contributed by atoms with Crippen LogP contribution in [0.15, 0.2) is 0 Å². The quantitative estimate of drug-likeness (QED) is 0.588. The van der Waals surface area contributed by atoms with Crippen LogP contribution < -0.4 is 10.6 Å². The maximum Gasteiger partial charge on any atom is 0.237 e. The van der Waals surface area contributed by atoms with E-state index in [9.17, 15) is 18.0 Å². The van der Waals surface area contributed by atoms with Gasteiger partial charge in [-0.1, -0.05) is 0 Å². The largest absolute Gasteiger partial charge is 0.358 e. The Balaban J connectivity index is 2.51. The second-order valence-corrected chi connectivity index (χ2v) is 5.90. The summed E-state index contributed by atoms with van der Waals surface area (Å²) >= 11 is 0. The molecule has 8 heteroatoms. The Labute approximate surface area is 100 Å². The second-order valence-electron chi connectivity index (χ2n) is 3.84. The van der Waals surface area contributed by atoms with Gasteiger partial charge in [0.25, 0.3) is 0 Å². The van der Waals surface area contributed by atoms with Crippen molar-refractivity contribution in [2.24, 2.45) is 0 Å². The van der Waals surface area contributed by atoms with Gasteiger partial charge < -0.3 is 15.5 Å². The lowest BCUT2D eigenvalue weighted by Crippen LogP contribution is -2.48. The summed E-state index contributed by atoms with van der Waals surface area (Å²) < 4.78 is 23.1. The maximum atomic E-state index is 11.7. The van der Waals surface area contributed by atoms with Crippen LogP contribution in [0.4, 0.5) is 0 Å². The summed E-state index contributed by atoms with van der Waals surface area (Å²) in [4.78, 5) is 24.1. The average Bonchev–Trinajstić information content (AvgIpc) is 2.28. The molecule has 1 heterocycles. The number of nitrogens with one attached hydrogen (secondary N) is 2. The number of rotatable bonds is 4. The summed E-state index contributed by atoms with van der Waals surface area (Å²) in [7, 11) is -2.31. The first-order chi connectivity index (χ1) is 7.94. The number of amides is 2. The molecule has 0 aliphatic carbocycles. The molecule has 1 aliphatic rings. The highest BCUT2D eigenvalue weighted by Crippen LogP contribution is 1.98. The lowest BCUT2D eigenvalue weighted by molar-refractivity contribution is -0.128. The van der Waals surface area contributed by atoms with Crippen LogP contribution in [-0.4, -0.2) is 69.9 Å². The van der Waals surface area contributed by atoms with Crippen molar-refractivity contribution >= 4 is 21.7 Å². The van der Waals surface area contributed by atoms with Gasteiger partial charge in [0.15, 0.2) is 9.84 Å². The molecule has 2 N–H and O–H groups in total. The summed E-state index contributed by atoms with van der Waals surface area (Å²) in [5, 5.41) is 5.29. The molecule has 1 aliphatic heterocycles. The molecule has 0 atom stereocenters. The molecule has 1 rings (SSSR count). The van der Waals surface area contributed by atoms with Crippen LogP contribution in [0.5, 0.6) is 0 Å². The van der Waals surface area contributed by atoms with Crippen LogP contribution in [0.2, 0.25) is 0 Å². The van der Waals surface area contributed by atoms with Gasteiger partial charge >= 0.3 is 0 Å². The third-order valence-corrected chi connectivity index (χ3v) is 3.83. The Bertz CT molecular complexity index is 387. The molecule has 0 radical (unpaired) electrons. The van der Waals surface area contributed by atoms with Crippen molar-refractivity contribution in [3.63, 3.8) is 0 Å². The Morgan fingerprint density at radius 3 is 2.35 bits per heavy atom. The zero-order valence-electron chi connectivity index (χ0n) is 9.73. The highest BCUT2D eigenvalue weighted by Gasteiger charge is 2.24. The van der Waals surface area contributed by atoms with E-state index in [4.69, 9.17) is 0 Å². The molecule has 0 spiro atoms. The minimum absolute atomic E-state index is 0.435. The van der Waals surface area contributed by atoms with E-state index in [1.165, 1.54) is 11.9 Å². The normalized spacial score (nSPS) is 16.6. The maximum absolute atomic E-state index is 11.7. The number of hydrogen-bond acceptors (Lipinski definition) is 5. The standard InChI is InChI=1S/C9H17N3O4S/c1-10-8(13)6-17(15,16)7-9(14)12-4-2-11-3-5-12/h11H,2-7H2,1H3,(H,10,13). The van der Waals surface area contributed by atoms with E-state index in [0.717, 1.165) is 0 Å². The van der Waals surface area contributed by atoms with Crippen LogP contribution in [-0.2, 0) is 19.4 Å². The van der Waals surface area contributed by atoms with E-state index >= 15 is 0 Å². The van der Waals surface area contributed by atoms with E-state index in [0.29, 0.717) is 26.2 Å². The molecular weight excluding hydrogens is 246 g/mol. The Hall–Kier alpha value is -1.15. The third-order valence-electron chi connectivity index (χ3n) is 2.44. The fraction of sp³-hybridized carbons (Fsp3) is 0.778. The summed E-state index contributed by atoms with van der Waals surface area (Å²) in [6.45, 7) is 2.35. The highest BCUT2D eigenvalue weighted by atomic mass is 32.2. The minimum atomic E-state index is -3.67. The molecule has 1 fully saturated rings. The van der Waals surface area contributed by atoms with Gasteiger partial charge in [-0.05, 0) is 0 Å². The lowest BCUT2D eigenvalue weighted by atomic mass is 10.3. The van der Waals surface area contributed by atoms with Crippen molar-refractivity contribution in [1.29, 1.82) is 0 Å². The highest BCUT2D eigenvalue weighted by molar-refractivity contribution is 7.92. The molecule has 0 aromatic heterocycles. The van der Waals surface area contributed by atoms with Crippen molar-refractivity contribution in [2.75, 3.05) is 44.7 Å². The van der Waals surface area contributed by atoms with E-state index in [1.54, 1.807) is 0 Å². The summed E-state index contributed by atoms with van der Waals surface area (Å²) in [6, 6.07) is 0. The monoisotopic (exact) mass is 263 g/mol. The van der Waals surface area contributed by atoms with Gasteiger partial charge in [0.1, 0.15) is 11.5 Å². The predicted molar refractivity (Wildman–Crippen MR) is 62.2 cm³/mol. The van der Waals surface area contributed by atoms with Crippen LogP contribution in [0.3, 0.4) is 0 Å². The van der Waals surface area contributed by atoms with Crippen LogP contribution in [0.25, 0.3) is 0 Å². The van der Waals surface area contributed by atoms with Crippen molar-refractivity contribution in [3.8, 4) is 0 Å². The SMILES string of the molecule is CNC(=O)CS(=O)(=O)CC(=O)N1CCNCC1. The molecule has 0 aromatic rings. The van der Waals surface area contributed by atoms with Crippen molar-refractivity contribution in [1.82, 2.24) is 15.5 Å². The number of piperazine rings is 1. The molecular formula is C9H17N3O4S. The molecule has 0 aromatic carbocycles. The number of hydrogen-bond donors (Lipinski definition) is 2. The van der Waals surface area contributed by atoms with Gasteiger partial charge in [0.2, 0.25) is 11.8 Å². The number of sulfone groups is 1. The topological polar surface area (TPSA) is 95.6 Å². The lowest BCUT2D eigenvalue weighted by Gasteiger charge is -2.27. The summed E-state index contributed by atoms with van der Waals surface area (Å²) in [5.74, 6) is -2.27. The van der Waals surface area contributed by atoms with Crippen LogP contribution >= 0.6 is 0 Å². The first-order valence-corrected chi connectivity index (χ1v) is 7.16. The fourth-order valence-corrected chi connectivity index (χ4v) is 2.72. The number of carbonyl (C=O) groups is 2. The van der Waals surface area contributed by atoms with Crippen molar-refractivity contribution in [2.45, 2.75) is 0 Å². The van der Waals surface area contributed by atoms with Gasteiger partial charge in [-0.2, -0.15) is 0 Å². The Morgan fingerprint density at radius 1 is 1.24 bits per heavy atom. The first kappa shape index (κ1) is 13.9. The molecule has 0 unspecified atom stereocenters. The van der Waals surface area contributed by atoms with Gasteiger partial charge in [0.05, 0.1) is 0 Å². The van der Waals surface area contributed by atoms with Gasteiger partial charge in [-0.15, -0.1) is 0 Å². The molecule has 7 nitrogen and oxygen atoms in total. The van der Waals surface area contributed by atoms with Crippen LogP contribution in [0.1, 0.15) is 0 Å². The Morgan fingerprint density at radius 2 is 1.82 bits per heavy atom. The molecule has 0 saturated carbocycles. The number of carbonyl (C=O) groups excluding carboxylic acids is 2. The molecule has 17 heavy (non-hydrogen) atoms. The van der Waals surface area contributed by atoms with Crippen molar-refractivity contribution in [3.05, 3.63) is 0 Å². The van der Waals surface area contributed by atoms with E-state index in [2.05, 4.69) is 10.6 Å². The Kier molecular flexibility index (Phi) is 4.88. The molecule has 1 saturated heterocycles. The van der Waals surface area contributed by atoms with Crippen molar-refractivity contribution < 1.29 is 18.0 Å². The smallest absolute Gasteiger partial charge is 0.237 e. The van der Waals surface area contributed by atoms with E-state index in [1.807, 2.05) is 0 Å². The fourth-order valence-electron chi connectivity index (χ4n) is 1.52. The minimum Gasteiger partial charge on any atom is -0.358 e. The third kappa shape index (κ3) is 4.70. The molecule has 98 valence electrons. The average molecular weight is 263 g/mol. The molecule has 0 bridgehead atoms. The first-order valence-electron chi connectivity index (χ1n) is 5.34. The van der Waals surface area contributed by atoms with Gasteiger partial charge in [0, 0.05) is 33.2 Å². The zero-order valence-corrected chi connectivity index (χ0v) is 10.5. The molecule has 2 amide bonds. The van der Waals surface area contributed by atoms with Crippen LogP contribution in [0, 0.1) is 0 Å². The predicted octanol–water partition coefficient (Wildman–Crippen LogP) is -2.42. The van der Waals surface area contributed by atoms with Gasteiger partial charge in [-0.3, -0.25) is 9.59 Å². The van der Waals surface area contributed by atoms with E-state index in [-0.39, 0.29) is 0 Å².